The molecule has 1 saturated carbocycles. The van der Waals surface area contributed by atoms with E-state index in [0.717, 1.165) is 12.2 Å². The van der Waals surface area contributed by atoms with E-state index in [9.17, 15) is 4.79 Å². The van der Waals surface area contributed by atoms with Gasteiger partial charge in [0.05, 0.1) is 6.54 Å². The maximum Gasteiger partial charge on any atom is 0.238 e. The fraction of sp³-hybridized carbons (Fsp3) is 0.588. The van der Waals surface area contributed by atoms with Crippen molar-refractivity contribution in [2.45, 2.75) is 46.0 Å². The molecule has 3 heteroatoms. The molecule has 1 aromatic rings. The van der Waals surface area contributed by atoms with E-state index in [4.69, 9.17) is 0 Å². The van der Waals surface area contributed by atoms with Gasteiger partial charge in [0.2, 0.25) is 5.91 Å². The Morgan fingerprint density at radius 2 is 1.80 bits per heavy atom. The van der Waals surface area contributed by atoms with Gasteiger partial charge in [0.25, 0.3) is 0 Å². The van der Waals surface area contributed by atoms with Gasteiger partial charge in [-0.15, -0.1) is 0 Å². The van der Waals surface area contributed by atoms with Crippen LogP contribution in [0, 0.1) is 12.3 Å². The van der Waals surface area contributed by atoms with Crippen LogP contribution in [-0.4, -0.2) is 19.0 Å². The van der Waals surface area contributed by atoms with Crippen LogP contribution in [-0.2, 0) is 4.79 Å². The Morgan fingerprint density at radius 3 is 2.45 bits per heavy atom. The third-order valence-corrected chi connectivity index (χ3v) is 4.23. The predicted octanol–water partition coefficient (Wildman–Crippen LogP) is 3.49. The fourth-order valence-electron chi connectivity index (χ4n) is 2.90. The Kier molecular flexibility index (Phi) is 5.18. The summed E-state index contributed by atoms with van der Waals surface area (Å²) in [6.45, 7) is 5.70. The Hall–Kier alpha value is -1.35. The summed E-state index contributed by atoms with van der Waals surface area (Å²) in [6, 6.07) is 7.89. The van der Waals surface area contributed by atoms with Gasteiger partial charge in [-0.3, -0.25) is 4.79 Å². The summed E-state index contributed by atoms with van der Waals surface area (Å²) in [5.41, 5.74) is 2.44. The van der Waals surface area contributed by atoms with E-state index in [1.165, 1.54) is 37.7 Å². The summed E-state index contributed by atoms with van der Waals surface area (Å²) >= 11 is 0. The molecule has 1 fully saturated rings. The number of carbonyl (C=O) groups is 1. The maximum absolute atomic E-state index is 11.9. The molecule has 0 radical (unpaired) electrons. The van der Waals surface area contributed by atoms with Crippen LogP contribution in [0.15, 0.2) is 24.3 Å². The maximum atomic E-state index is 11.9. The molecule has 0 unspecified atom stereocenters. The molecule has 110 valence electrons. The van der Waals surface area contributed by atoms with Gasteiger partial charge in [-0.1, -0.05) is 43.9 Å². The first-order valence-electron chi connectivity index (χ1n) is 7.65. The highest BCUT2D eigenvalue weighted by Crippen LogP contribution is 2.34. The second-order valence-electron chi connectivity index (χ2n) is 6.39. The van der Waals surface area contributed by atoms with E-state index in [1.807, 2.05) is 31.2 Å². The predicted molar refractivity (Wildman–Crippen MR) is 83.9 cm³/mol. The molecule has 1 aliphatic rings. The van der Waals surface area contributed by atoms with Crippen molar-refractivity contribution in [2.75, 3.05) is 18.4 Å². The van der Waals surface area contributed by atoms with Crippen molar-refractivity contribution >= 4 is 11.6 Å². The van der Waals surface area contributed by atoms with Gasteiger partial charge in [-0.25, -0.2) is 0 Å². The van der Waals surface area contributed by atoms with Crippen molar-refractivity contribution in [3.63, 3.8) is 0 Å². The lowest BCUT2D eigenvalue weighted by atomic mass is 9.76. The van der Waals surface area contributed by atoms with E-state index < -0.39 is 0 Å². The SMILES string of the molecule is Cc1ccc(NC(=O)CNCC2(C)CCCCC2)cc1. The highest BCUT2D eigenvalue weighted by molar-refractivity contribution is 5.92. The molecular weight excluding hydrogens is 248 g/mol. The van der Waals surface area contributed by atoms with Crippen molar-refractivity contribution in [3.05, 3.63) is 29.8 Å². The first-order valence-corrected chi connectivity index (χ1v) is 7.65. The van der Waals surface area contributed by atoms with Gasteiger partial charge in [0, 0.05) is 12.2 Å². The van der Waals surface area contributed by atoms with E-state index in [0.29, 0.717) is 12.0 Å². The summed E-state index contributed by atoms with van der Waals surface area (Å²) in [6.07, 6.45) is 6.57. The number of hydrogen-bond acceptors (Lipinski definition) is 2. The summed E-state index contributed by atoms with van der Waals surface area (Å²) < 4.78 is 0. The Labute approximate surface area is 122 Å². The van der Waals surface area contributed by atoms with Crippen LogP contribution in [0.1, 0.15) is 44.6 Å². The minimum Gasteiger partial charge on any atom is -0.325 e. The van der Waals surface area contributed by atoms with E-state index in [2.05, 4.69) is 17.6 Å². The van der Waals surface area contributed by atoms with Gasteiger partial charge >= 0.3 is 0 Å². The molecule has 0 aliphatic heterocycles. The molecule has 0 saturated heterocycles. The summed E-state index contributed by atoms with van der Waals surface area (Å²) in [7, 11) is 0. The lowest BCUT2D eigenvalue weighted by molar-refractivity contribution is -0.115. The second kappa shape index (κ2) is 6.89. The standard InChI is InChI=1S/C17H26N2O/c1-14-6-8-15(9-7-14)19-16(20)12-18-13-17(2)10-4-3-5-11-17/h6-9,18H,3-5,10-13H2,1-2H3,(H,19,20). The molecule has 0 heterocycles. The molecule has 1 aliphatic carbocycles. The molecule has 0 atom stereocenters. The molecule has 1 aromatic carbocycles. The lowest BCUT2D eigenvalue weighted by Gasteiger charge is -2.33. The molecular formula is C17H26N2O. The minimum absolute atomic E-state index is 0.0354. The third-order valence-electron chi connectivity index (χ3n) is 4.23. The number of aryl methyl sites for hydroxylation is 1. The van der Waals surface area contributed by atoms with Crippen molar-refractivity contribution in [1.29, 1.82) is 0 Å². The van der Waals surface area contributed by atoms with Gasteiger partial charge in [0.1, 0.15) is 0 Å². The van der Waals surface area contributed by atoms with Crippen LogP contribution in [0.25, 0.3) is 0 Å². The van der Waals surface area contributed by atoms with Gasteiger partial charge in [-0.05, 0) is 37.3 Å². The molecule has 2 rings (SSSR count). The quantitative estimate of drug-likeness (QED) is 0.863. The average molecular weight is 274 g/mol. The smallest absolute Gasteiger partial charge is 0.238 e. The number of carbonyl (C=O) groups excluding carboxylic acids is 1. The highest BCUT2D eigenvalue weighted by atomic mass is 16.1. The molecule has 0 bridgehead atoms. The van der Waals surface area contributed by atoms with Crippen molar-refractivity contribution < 1.29 is 4.79 Å². The summed E-state index contributed by atoms with van der Waals surface area (Å²) in [4.78, 5) is 11.9. The number of rotatable bonds is 5. The van der Waals surface area contributed by atoms with Gasteiger partial charge in [0.15, 0.2) is 0 Å². The first-order chi connectivity index (χ1) is 9.57. The van der Waals surface area contributed by atoms with Gasteiger partial charge < -0.3 is 10.6 Å². The normalized spacial score (nSPS) is 17.7. The number of hydrogen-bond donors (Lipinski definition) is 2. The number of nitrogens with one attached hydrogen (secondary N) is 2. The number of benzene rings is 1. The monoisotopic (exact) mass is 274 g/mol. The lowest BCUT2D eigenvalue weighted by Crippen LogP contribution is -2.37. The van der Waals surface area contributed by atoms with E-state index in [-0.39, 0.29) is 5.91 Å². The molecule has 0 aromatic heterocycles. The van der Waals surface area contributed by atoms with Crippen molar-refractivity contribution in [3.8, 4) is 0 Å². The molecule has 3 nitrogen and oxygen atoms in total. The number of anilines is 1. The van der Waals surface area contributed by atoms with Crippen LogP contribution in [0.5, 0.6) is 0 Å². The van der Waals surface area contributed by atoms with Crippen LogP contribution >= 0.6 is 0 Å². The van der Waals surface area contributed by atoms with Crippen LogP contribution in [0.3, 0.4) is 0 Å². The molecule has 20 heavy (non-hydrogen) atoms. The Balaban J connectivity index is 1.71. The third kappa shape index (κ3) is 4.64. The van der Waals surface area contributed by atoms with Crippen LogP contribution < -0.4 is 10.6 Å². The first kappa shape index (κ1) is 15.0. The average Bonchev–Trinajstić information content (AvgIpc) is 2.42. The second-order valence-corrected chi connectivity index (χ2v) is 6.39. The van der Waals surface area contributed by atoms with Gasteiger partial charge in [-0.2, -0.15) is 0 Å². The fourth-order valence-corrected chi connectivity index (χ4v) is 2.90. The van der Waals surface area contributed by atoms with E-state index in [1.54, 1.807) is 0 Å². The largest absolute Gasteiger partial charge is 0.325 e. The topological polar surface area (TPSA) is 41.1 Å². The summed E-state index contributed by atoms with van der Waals surface area (Å²) in [5, 5.41) is 6.23. The molecule has 0 spiro atoms. The van der Waals surface area contributed by atoms with Crippen molar-refractivity contribution in [2.24, 2.45) is 5.41 Å². The summed E-state index contributed by atoms with van der Waals surface area (Å²) in [5.74, 6) is 0.0354. The zero-order valence-electron chi connectivity index (χ0n) is 12.7. The minimum atomic E-state index is 0.0354. The Morgan fingerprint density at radius 1 is 1.15 bits per heavy atom. The molecule has 2 N–H and O–H groups in total. The van der Waals surface area contributed by atoms with E-state index >= 15 is 0 Å². The number of amides is 1. The highest BCUT2D eigenvalue weighted by Gasteiger charge is 2.26. The molecule has 1 amide bonds. The Bertz CT molecular complexity index is 433. The zero-order chi connectivity index (χ0) is 14.4. The van der Waals surface area contributed by atoms with Crippen LogP contribution in [0.4, 0.5) is 5.69 Å². The van der Waals surface area contributed by atoms with Crippen molar-refractivity contribution in [1.82, 2.24) is 5.32 Å². The van der Waals surface area contributed by atoms with Crippen LogP contribution in [0.2, 0.25) is 0 Å². The zero-order valence-corrected chi connectivity index (χ0v) is 12.7.